The maximum Gasteiger partial charge on any atom is 0.191 e. The quantitative estimate of drug-likeness (QED) is 0.455. The second kappa shape index (κ2) is 9.90. The van der Waals surface area contributed by atoms with Gasteiger partial charge in [0, 0.05) is 25.7 Å². The molecule has 20 heavy (non-hydrogen) atoms. The van der Waals surface area contributed by atoms with Crippen LogP contribution in [0.5, 0.6) is 0 Å². The molecule has 0 spiro atoms. The fourth-order valence-corrected chi connectivity index (χ4v) is 1.56. The highest BCUT2D eigenvalue weighted by Gasteiger charge is 2.05. The maximum atomic E-state index is 13.4. The minimum absolute atomic E-state index is 0. The van der Waals surface area contributed by atoms with Gasteiger partial charge in [0.15, 0.2) is 5.96 Å². The van der Waals surface area contributed by atoms with Crippen molar-refractivity contribution in [3.8, 4) is 0 Å². The van der Waals surface area contributed by atoms with Gasteiger partial charge in [0.05, 0.1) is 0 Å². The van der Waals surface area contributed by atoms with Crippen LogP contribution in [0.1, 0.15) is 25.8 Å². The molecule has 0 radical (unpaired) electrons. The molecule has 1 aromatic rings. The standard InChI is InChI=1S/C14H21F2N3.HI/c1-10(2)6-7-18-14(17-3)19-9-11-8-12(15)4-5-13(11)16;/h4-5,8,10H,6-7,9H2,1-3H3,(H2,17,18,19);1H. The minimum atomic E-state index is -0.444. The molecule has 2 N–H and O–H groups in total. The Morgan fingerprint density at radius 2 is 1.95 bits per heavy atom. The number of hydrogen-bond donors (Lipinski definition) is 2. The summed E-state index contributed by atoms with van der Waals surface area (Å²) in [5, 5.41) is 6.09. The Balaban J connectivity index is 0.00000361. The smallest absolute Gasteiger partial charge is 0.191 e. The normalized spacial score (nSPS) is 11.2. The molecule has 3 nitrogen and oxygen atoms in total. The van der Waals surface area contributed by atoms with E-state index >= 15 is 0 Å². The van der Waals surface area contributed by atoms with Crippen molar-refractivity contribution in [2.75, 3.05) is 13.6 Å². The fraction of sp³-hybridized carbons (Fsp3) is 0.500. The highest BCUT2D eigenvalue weighted by Crippen LogP contribution is 2.09. The van der Waals surface area contributed by atoms with E-state index in [4.69, 9.17) is 0 Å². The summed E-state index contributed by atoms with van der Waals surface area (Å²) in [7, 11) is 1.65. The van der Waals surface area contributed by atoms with Gasteiger partial charge < -0.3 is 10.6 Å². The van der Waals surface area contributed by atoms with E-state index in [9.17, 15) is 8.78 Å². The van der Waals surface area contributed by atoms with Crippen LogP contribution in [0.15, 0.2) is 23.2 Å². The van der Waals surface area contributed by atoms with Gasteiger partial charge in [-0.2, -0.15) is 0 Å². The number of nitrogens with zero attached hydrogens (tertiary/aromatic N) is 1. The van der Waals surface area contributed by atoms with Crippen LogP contribution in [0.3, 0.4) is 0 Å². The van der Waals surface area contributed by atoms with E-state index in [1.165, 1.54) is 6.07 Å². The first-order valence-corrected chi connectivity index (χ1v) is 6.41. The molecule has 1 aromatic carbocycles. The lowest BCUT2D eigenvalue weighted by atomic mass is 10.1. The van der Waals surface area contributed by atoms with Gasteiger partial charge in [-0.05, 0) is 30.5 Å². The van der Waals surface area contributed by atoms with E-state index in [-0.39, 0.29) is 36.1 Å². The summed E-state index contributed by atoms with van der Waals surface area (Å²) in [5.41, 5.74) is 0.284. The van der Waals surface area contributed by atoms with Crippen molar-refractivity contribution in [1.82, 2.24) is 10.6 Å². The van der Waals surface area contributed by atoms with Crippen LogP contribution in [-0.2, 0) is 6.54 Å². The average Bonchev–Trinajstić information content (AvgIpc) is 2.37. The Bertz CT molecular complexity index is 436. The molecule has 0 atom stereocenters. The van der Waals surface area contributed by atoms with Gasteiger partial charge >= 0.3 is 0 Å². The minimum Gasteiger partial charge on any atom is -0.356 e. The molecule has 0 unspecified atom stereocenters. The first kappa shape index (κ1) is 19.1. The first-order chi connectivity index (χ1) is 9.02. The zero-order valence-electron chi connectivity index (χ0n) is 12.0. The van der Waals surface area contributed by atoms with Crippen LogP contribution in [-0.4, -0.2) is 19.6 Å². The molecular formula is C14H22F2IN3. The summed E-state index contributed by atoms with van der Waals surface area (Å²) >= 11 is 0. The number of hydrogen-bond acceptors (Lipinski definition) is 1. The second-order valence-electron chi connectivity index (χ2n) is 4.77. The predicted octanol–water partition coefficient (Wildman–Crippen LogP) is 3.29. The van der Waals surface area contributed by atoms with Crippen LogP contribution in [0.4, 0.5) is 8.78 Å². The highest BCUT2D eigenvalue weighted by atomic mass is 127. The van der Waals surface area contributed by atoms with Gasteiger partial charge in [0.1, 0.15) is 11.6 Å². The van der Waals surface area contributed by atoms with Gasteiger partial charge in [0.2, 0.25) is 0 Å². The number of halogens is 3. The summed E-state index contributed by atoms with van der Waals surface area (Å²) in [5.74, 6) is 0.322. The topological polar surface area (TPSA) is 36.4 Å². The Morgan fingerprint density at radius 3 is 2.55 bits per heavy atom. The zero-order chi connectivity index (χ0) is 14.3. The van der Waals surface area contributed by atoms with Gasteiger partial charge in [0.25, 0.3) is 0 Å². The van der Waals surface area contributed by atoms with Crippen molar-refractivity contribution in [2.45, 2.75) is 26.8 Å². The van der Waals surface area contributed by atoms with Crippen LogP contribution < -0.4 is 10.6 Å². The Kier molecular flexibility index (Phi) is 9.45. The van der Waals surface area contributed by atoms with Crippen molar-refractivity contribution < 1.29 is 8.78 Å². The number of rotatable bonds is 5. The van der Waals surface area contributed by atoms with E-state index in [1.807, 2.05) is 0 Å². The van der Waals surface area contributed by atoms with Gasteiger partial charge in [-0.1, -0.05) is 13.8 Å². The number of benzene rings is 1. The Labute approximate surface area is 136 Å². The molecule has 0 aliphatic heterocycles. The van der Waals surface area contributed by atoms with Crippen LogP contribution in [0.2, 0.25) is 0 Å². The monoisotopic (exact) mass is 397 g/mol. The molecule has 6 heteroatoms. The molecule has 0 aliphatic carbocycles. The van der Waals surface area contributed by atoms with Crippen molar-refractivity contribution in [3.05, 3.63) is 35.4 Å². The highest BCUT2D eigenvalue weighted by molar-refractivity contribution is 14.0. The molecule has 0 fully saturated rings. The van der Waals surface area contributed by atoms with E-state index in [1.54, 1.807) is 7.05 Å². The molecule has 1 rings (SSSR count). The van der Waals surface area contributed by atoms with Crippen molar-refractivity contribution in [1.29, 1.82) is 0 Å². The molecule has 0 amide bonds. The lowest BCUT2D eigenvalue weighted by Crippen LogP contribution is -2.37. The molecule has 0 aliphatic rings. The van der Waals surface area contributed by atoms with E-state index in [0.29, 0.717) is 11.9 Å². The lowest BCUT2D eigenvalue weighted by molar-refractivity contribution is 0.569. The summed E-state index contributed by atoms with van der Waals surface area (Å²) in [6.45, 7) is 5.27. The maximum absolute atomic E-state index is 13.4. The van der Waals surface area contributed by atoms with Crippen LogP contribution in [0, 0.1) is 17.6 Å². The Morgan fingerprint density at radius 1 is 1.25 bits per heavy atom. The summed E-state index contributed by atoms with van der Waals surface area (Å²) in [6.07, 6.45) is 1.02. The van der Waals surface area contributed by atoms with Gasteiger partial charge in [-0.3, -0.25) is 4.99 Å². The SMILES string of the molecule is CN=C(NCCC(C)C)NCc1cc(F)ccc1F.I. The first-order valence-electron chi connectivity index (χ1n) is 6.41. The molecule has 0 heterocycles. The third-order valence-corrected chi connectivity index (χ3v) is 2.69. The number of aliphatic imine (C=N–C) groups is 1. The summed E-state index contributed by atoms with van der Waals surface area (Å²) in [4.78, 5) is 4.03. The molecule has 0 saturated carbocycles. The third kappa shape index (κ3) is 7.02. The van der Waals surface area contributed by atoms with Crippen LogP contribution >= 0.6 is 24.0 Å². The zero-order valence-corrected chi connectivity index (χ0v) is 14.4. The van der Waals surface area contributed by atoms with Crippen molar-refractivity contribution in [2.24, 2.45) is 10.9 Å². The molecule has 114 valence electrons. The molecular weight excluding hydrogens is 375 g/mol. The van der Waals surface area contributed by atoms with E-state index in [2.05, 4.69) is 29.5 Å². The van der Waals surface area contributed by atoms with Gasteiger partial charge in [-0.15, -0.1) is 24.0 Å². The van der Waals surface area contributed by atoms with Gasteiger partial charge in [-0.25, -0.2) is 8.78 Å². The van der Waals surface area contributed by atoms with E-state index in [0.717, 1.165) is 25.1 Å². The van der Waals surface area contributed by atoms with E-state index < -0.39 is 11.6 Å². The fourth-order valence-electron chi connectivity index (χ4n) is 1.56. The predicted molar refractivity (Wildman–Crippen MR) is 89.4 cm³/mol. The van der Waals surface area contributed by atoms with Crippen molar-refractivity contribution >= 4 is 29.9 Å². The summed E-state index contributed by atoms with van der Waals surface area (Å²) < 4.78 is 26.4. The molecule has 0 bridgehead atoms. The average molecular weight is 397 g/mol. The van der Waals surface area contributed by atoms with Crippen LogP contribution in [0.25, 0.3) is 0 Å². The lowest BCUT2D eigenvalue weighted by Gasteiger charge is -2.13. The number of nitrogens with one attached hydrogen (secondary N) is 2. The number of guanidine groups is 1. The molecule has 0 saturated heterocycles. The summed E-state index contributed by atoms with van der Waals surface area (Å²) in [6, 6.07) is 3.42. The third-order valence-electron chi connectivity index (χ3n) is 2.69. The Hall–Kier alpha value is -0.920. The molecule has 0 aromatic heterocycles. The second-order valence-corrected chi connectivity index (χ2v) is 4.77. The largest absolute Gasteiger partial charge is 0.356 e. The van der Waals surface area contributed by atoms with Crippen molar-refractivity contribution in [3.63, 3.8) is 0 Å².